The van der Waals surface area contributed by atoms with Crippen LogP contribution in [0, 0.1) is 12.3 Å². The van der Waals surface area contributed by atoms with Gasteiger partial charge in [-0.05, 0) is 6.92 Å². The van der Waals surface area contributed by atoms with Crippen LogP contribution < -0.4 is 5.73 Å². The average Bonchev–Trinajstić information content (AvgIpc) is 2.18. The Bertz CT molecular complexity index is 278. The van der Waals surface area contributed by atoms with Crippen LogP contribution in [-0.4, -0.2) is 15.6 Å². The Hall–Kier alpha value is -1.03. The molecule has 60 valence electrons. The van der Waals surface area contributed by atoms with E-state index in [0.29, 0.717) is 11.6 Å². The van der Waals surface area contributed by atoms with E-state index in [1.165, 1.54) is 0 Å². The van der Waals surface area contributed by atoms with Crippen LogP contribution in [0.1, 0.15) is 5.69 Å². The van der Waals surface area contributed by atoms with Gasteiger partial charge in [-0.3, -0.25) is 10.1 Å². The Morgan fingerprint density at radius 1 is 1.91 bits per heavy atom. The summed E-state index contributed by atoms with van der Waals surface area (Å²) in [5, 5.41) is 11.5. The van der Waals surface area contributed by atoms with Gasteiger partial charge in [-0.1, -0.05) is 11.6 Å². The summed E-state index contributed by atoms with van der Waals surface area (Å²) in [6, 6.07) is 0. The van der Waals surface area contributed by atoms with Crippen LogP contribution in [0.15, 0.2) is 6.20 Å². The number of hydrogen-bond donors (Lipinski definition) is 2. The van der Waals surface area contributed by atoms with Gasteiger partial charge in [-0.2, -0.15) is 5.10 Å². The number of nitrogens with zero attached hydrogens (tertiary/aromatic N) is 2. The van der Waals surface area contributed by atoms with Gasteiger partial charge >= 0.3 is 0 Å². The first-order valence-electron chi connectivity index (χ1n) is 3.12. The largest absolute Gasteiger partial charge is 0.386 e. The molecule has 0 unspecified atom stereocenters. The molecular formula is C6H9ClN4. The first kappa shape index (κ1) is 8.07. The normalized spacial score (nSPS) is 10.0. The smallest absolute Gasteiger partial charge is 0.113 e. The summed E-state index contributed by atoms with van der Waals surface area (Å²) in [4.78, 5) is 0. The molecule has 0 radical (unpaired) electrons. The lowest BCUT2D eigenvalue weighted by Crippen LogP contribution is -2.19. The lowest BCUT2D eigenvalue weighted by Gasteiger charge is -2.00. The summed E-state index contributed by atoms with van der Waals surface area (Å²) in [6.45, 7) is 2.14. The molecule has 0 spiro atoms. The van der Waals surface area contributed by atoms with Crippen LogP contribution in [0.5, 0.6) is 0 Å². The van der Waals surface area contributed by atoms with Gasteiger partial charge in [0.1, 0.15) is 5.84 Å². The number of halogens is 1. The van der Waals surface area contributed by atoms with E-state index < -0.39 is 0 Å². The van der Waals surface area contributed by atoms with E-state index in [-0.39, 0.29) is 5.84 Å². The SMILES string of the molecule is Cc1c(Cl)cnn1CC(=N)N. The monoisotopic (exact) mass is 172 g/mol. The van der Waals surface area contributed by atoms with Gasteiger partial charge in [0.2, 0.25) is 0 Å². The maximum absolute atomic E-state index is 7.01. The summed E-state index contributed by atoms with van der Waals surface area (Å²) >= 11 is 5.72. The molecule has 11 heavy (non-hydrogen) atoms. The van der Waals surface area contributed by atoms with Crippen LogP contribution in [0.3, 0.4) is 0 Å². The van der Waals surface area contributed by atoms with E-state index >= 15 is 0 Å². The molecule has 0 saturated carbocycles. The number of nitrogens with two attached hydrogens (primary N) is 1. The molecule has 0 aliphatic rings. The maximum atomic E-state index is 7.01. The molecule has 0 aromatic carbocycles. The van der Waals surface area contributed by atoms with Crippen molar-refractivity contribution in [2.24, 2.45) is 5.73 Å². The topological polar surface area (TPSA) is 67.7 Å². The van der Waals surface area contributed by atoms with E-state index in [1.54, 1.807) is 10.9 Å². The standard InChI is InChI=1S/C6H9ClN4/c1-4-5(7)2-10-11(4)3-6(8)9/h2H,3H2,1H3,(H3,8,9). The van der Waals surface area contributed by atoms with Crippen LogP contribution in [0.2, 0.25) is 5.02 Å². The third-order valence-corrected chi connectivity index (χ3v) is 1.73. The quantitative estimate of drug-likeness (QED) is 0.512. The molecule has 3 N–H and O–H groups in total. The number of hydrogen-bond acceptors (Lipinski definition) is 2. The highest BCUT2D eigenvalue weighted by molar-refractivity contribution is 6.31. The molecule has 0 aliphatic heterocycles. The van der Waals surface area contributed by atoms with Crippen molar-refractivity contribution in [3.63, 3.8) is 0 Å². The molecule has 0 amide bonds. The predicted octanol–water partition coefficient (Wildman–Crippen LogP) is 0.781. The van der Waals surface area contributed by atoms with Crippen molar-refractivity contribution in [1.82, 2.24) is 9.78 Å². The lowest BCUT2D eigenvalue weighted by molar-refractivity contribution is 0.694. The molecule has 5 heteroatoms. The van der Waals surface area contributed by atoms with Crippen molar-refractivity contribution in [3.8, 4) is 0 Å². The molecule has 0 fully saturated rings. The Balaban J connectivity index is 2.87. The van der Waals surface area contributed by atoms with Crippen LogP contribution in [0.25, 0.3) is 0 Å². The van der Waals surface area contributed by atoms with E-state index in [9.17, 15) is 0 Å². The molecule has 4 nitrogen and oxygen atoms in total. The summed E-state index contributed by atoms with van der Waals surface area (Å²) < 4.78 is 1.59. The van der Waals surface area contributed by atoms with Gasteiger partial charge < -0.3 is 5.73 Å². The lowest BCUT2D eigenvalue weighted by atomic mass is 10.4. The van der Waals surface area contributed by atoms with E-state index in [1.807, 2.05) is 6.92 Å². The molecular weight excluding hydrogens is 164 g/mol. The van der Waals surface area contributed by atoms with Gasteiger partial charge in [0.25, 0.3) is 0 Å². The van der Waals surface area contributed by atoms with Crippen LogP contribution in [0.4, 0.5) is 0 Å². The van der Waals surface area contributed by atoms with Gasteiger partial charge in [-0.25, -0.2) is 0 Å². The maximum Gasteiger partial charge on any atom is 0.113 e. The zero-order chi connectivity index (χ0) is 8.43. The van der Waals surface area contributed by atoms with Crippen molar-refractivity contribution in [3.05, 3.63) is 16.9 Å². The molecule has 0 bridgehead atoms. The highest BCUT2D eigenvalue weighted by atomic mass is 35.5. The van der Waals surface area contributed by atoms with Crippen molar-refractivity contribution >= 4 is 17.4 Å². The third kappa shape index (κ3) is 1.71. The van der Waals surface area contributed by atoms with Gasteiger partial charge in [-0.15, -0.1) is 0 Å². The van der Waals surface area contributed by atoms with Crippen molar-refractivity contribution in [2.45, 2.75) is 13.5 Å². The van der Waals surface area contributed by atoms with E-state index in [2.05, 4.69) is 5.10 Å². The van der Waals surface area contributed by atoms with Gasteiger partial charge in [0, 0.05) is 0 Å². The minimum atomic E-state index is 0.0767. The Kier molecular flexibility index (Phi) is 2.14. The summed E-state index contributed by atoms with van der Waals surface area (Å²) in [6.07, 6.45) is 1.54. The second-order valence-corrected chi connectivity index (χ2v) is 2.67. The summed E-state index contributed by atoms with van der Waals surface area (Å²) in [5.74, 6) is 0.0767. The Morgan fingerprint density at radius 3 is 2.91 bits per heavy atom. The fraction of sp³-hybridized carbons (Fsp3) is 0.333. The predicted molar refractivity (Wildman–Crippen MR) is 43.9 cm³/mol. The number of nitrogens with one attached hydrogen (secondary N) is 1. The van der Waals surface area contributed by atoms with Gasteiger partial charge in [0.05, 0.1) is 23.5 Å². The van der Waals surface area contributed by atoms with E-state index in [4.69, 9.17) is 22.7 Å². The minimum Gasteiger partial charge on any atom is -0.386 e. The zero-order valence-electron chi connectivity index (χ0n) is 6.13. The minimum absolute atomic E-state index is 0.0767. The first-order valence-corrected chi connectivity index (χ1v) is 3.50. The Labute approximate surface area is 69.5 Å². The molecule has 0 aliphatic carbocycles. The highest BCUT2D eigenvalue weighted by Gasteiger charge is 2.03. The fourth-order valence-corrected chi connectivity index (χ4v) is 0.886. The summed E-state index contributed by atoms with van der Waals surface area (Å²) in [7, 11) is 0. The fourth-order valence-electron chi connectivity index (χ4n) is 0.744. The zero-order valence-corrected chi connectivity index (χ0v) is 6.89. The molecule has 1 heterocycles. The van der Waals surface area contributed by atoms with Crippen LogP contribution >= 0.6 is 11.6 Å². The highest BCUT2D eigenvalue weighted by Crippen LogP contribution is 2.12. The second kappa shape index (κ2) is 2.92. The van der Waals surface area contributed by atoms with Crippen molar-refractivity contribution in [1.29, 1.82) is 5.41 Å². The number of rotatable bonds is 2. The number of aromatic nitrogens is 2. The molecule has 0 saturated heterocycles. The molecule has 1 rings (SSSR count). The summed E-state index contributed by atoms with van der Waals surface area (Å²) in [5.41, 5.74) is 6.02. The van der Waals surface area contributed by atoms with Crippen molar-refractivity contribution < 1.29 is 0 Å². The van der Waals surface area contributed by atoms with E-state index in [0.717, 1.165) is 5.69 Å². The third-order valence-electron chi connectivity index (χ3n) is 1.36. The average molecular weight is 173 g/mol. The number of amidine groups is 1. The second-order valence-electron chi connectivity index (χ2n) is 2.26. The van der Waals surface area contributed by atoms with Crippen molar-refractivity contribution in [2.75, 3.05) is 0 Å². The molecule has 0 atom stereocenters. The molecule has 1 aromatic heterocycles. The molecule has 1 aromatic rings. The van der Waals surface area contributed by atoms with Gasteiger partial charge in [0.15, 0.2) is 0 Å². The Morgan fingerprint density at radius 2 is 2.55 bits per heavy atom. The first-order chi connectivity index (χ1) is 5.11. The van der Waals surface area contributed by atoms with Crippen LogP contribution in [-0.2, 0) is 6.54 Å².